The van der Waals surface area contributed by atoms with Crippen LogP contribution in [0, 0.1) is 18.8 Å². The molecule has 2 rings (SSSR count). The molecule has 0 aromatic heterocycles. The number of terminal acetylenes is 1. The maximum absolute atomic E-state index is 11.8. The van der Waals surface area contributed by atoms with Crippen molar-refractivity contribution in [2.75, 3.05) is 19.6 Å². The van der Waals surface area contributed by atoms with E-state index in [1.807, 2.05) is 41.5 Å². The quantitative estimate of drug-likeness (QED) is 0.755. The van der Waals surface area contributed by atoms with Crippen molar-refractivity contribution >= 4 is 11.8 Å². The molecule has 1 saturated heterocycles. The molecule has 0 radical (unpaired) electrons. The normalized spacial score (nSPS) is 17.3. The SMILES string of the molecule is C#C.CC.CC.CC.NC(=O)[C@@H]1CCCN1C(=O)CNCC1CC1. The molecule has 0 bridgehead atoms. The molecule has 142 valence electrons. The minimum Gasteiger partial charge on any atom is -0.368 e. The number of carbonyl (C=O) groups excluding carboxylic acids is 2. The molecule has 1 aliphatic heterocycles. The molecule has 5 heteroatoms. The van der Waals surface area contributed by atoms with Gasteiger partial charge >= 0.3 is 0 Å². The van der Waals surface area contributed by atoms with Crippen molar-refractivity contribution in [3.8, 4) is 12.8 Å². The fourth-order valence-corrected chi connectivity index (χ4v) is 2.17. The average molecular weight is 342 g/mol. The third kappa shape index (κ3) is 12.0. The summed E-state index contributed by atoms with van der Waals surface area (Å²) in [4.78, 5) is 24.5. The molecule has 5 nitrogen and oxygen atoms in total. The van der Waals surface area contributed by atoms with Crippen LogP contribution in [-0.2, 0) is 9.59 Å². The molecule has 0 aromatic carbocycles. The summed E-state index contributed by atoms with van der Waals surface area (Å²) >= 11 is 0. The van der Waals surface area contributed by atoms with Crippen LogP contribution in [0.1, 0.15) is 67.2 Å². The third-order valence-corrected chi connectivity index (χ3v) is 3.31. The minimum absolute atomic E-state index is 0.00181. The molecule has 0 spiro atoms. The summed E-state index contributed by atoms with van der Waals surface area (Å²) in [6.45, 7) is 13.9. The highest BCUT2D eigenvalue weighted by molar-refractivity contribution is 5.88. The van der Waals surface area contributed by atoms with Crippen molar-refractivity contribution in [2.24, 2.45) is 11.7 Å². The Balaban J connectivity index is -0.000000484. The average Bonchev–Trinajstić information content (AvgIpc) is 3.33. The molecule has 2 aliphatic rings. The van der Waals surface area contributed by atoms with Gasteiger partial charge in [0.05, 0.1) is 6.54 Å². The fraction of sp³-hybridized carbons (Fsp3) is 0.789. The van der Waals surface area contributed by atoms with E-state index in [2.05, 4.69) is 18.2 Å². The van der Waals surface area contributed by atoms with Gasteiger partial charge in [-0.15, -0.1) is 12.8 Å². The van der Waals surface area contributed by atoms with E-state index in [0.29, 0.717) is 19.5 Å². The molecule has 1 aliphatic carbocycles. The number of likely N-dealkylation sites (tertiary alicyclic amines) is 1. The van der Waals surface area contributed by atoms with Crippen LogP contribution in [0.15, 0.2) is 0 Å². The van der Waals surface area contributed by atoms with Crippen LogP contribution < -0.4 is 11.1 Å². The van der Waals surface area contributed by atoms with Gasteiger partial charge in [-0.25, -0.2) is 0 Å². The lowest BCUT2D eigenvalue weighted by Gasteiger charge is -2.22. The Bertz CT molecular complexity index is 326. The van der Waals surface area contributed by atoms with Gasteiger partial charge in [-0.3, -0.25) is 9.59 Å². The monoisotopic (exact) mass is 341 g/mol. The summed E-state index contributed by atoms with van der Waals surface area (Å²) < 4.78 is 0. The van der Waals surface area contributed by atoms with Crippen LogP contribution in [0.2, 0.25) is 0 Å². The van der Waals surface area contributed by atoms with E-state index in [-0.39, 0.29) is 17.9 Å². The van der Waals surface area contributed by atoms with Gasteiger partial charge < -0.3 is 16.0 Å². The van der Waals surface area contributed by atoms with Gasteiger partial charge in [-0.2, -0.15) is 0 Å². The van der Waals surface area contributed by atoms with Crippen molar-refractivity contribution in [1.82, 2.24) is 10.2 Å². The molecule has 24 heavy (non-hydrogen) atoms. The Hall–Kier alpha value is -1.54. The first-order valence-electron chi connectivity index (χ1n) is 9.31. The summed E-state index contributed by atoms with van der Waals surface area (Å²) in [6, 6.07) is -0.379. The van der Waals surface area contributed by atoms with Crippen molar-refractivity contribution in [3.05, 3.63) is 0 Å². The second-order valence-electron chi connectivity index (χ2n) is 4.72. The van der Waals surface area contributed by atoms with Crippen LogP contribution in [-0.4, -0.2) is 42.4 Å². The standard InChI is InChI=1S/C11H19N3O2.3C2H6.C2H2/c12-11(16)9-2-1-5-14(9)10(15)7-13-6-8-3-4-8;4*1-2/h8-9,13H,1-7H2,(H2,12,16);3*1-2H3;1-2H/t9-;;;;/m0..../s1. The highest BCUT2D eigenvalue weighted by Crippen LogP contribution is 2.27. The molecular weight excluding hydrogens is 302 g/mol. The summed E-state index contributed by atoms with van der Waals surface area (Å²) in [5.74, 6) is 0.383. The number of nitrogens with two attached hydrogens (primary N) is 1. The van der Waals surface area contributed by atoms with Crippen LogP contribution >= 0.6 is 0 Å². The first-order chi connectivity index (χ1) is 11.7. The molecule has 1 heterocycles. The lowest BCUT2D eigenvalue weighted by molar-refractivity contribution is -0.136. The molecule has 1 saturated carbocycles. The highest BCUT2D eigenvalue weighted by atomic mass is 16.2. The molecule has 2 amide bonds. The molecular formula is C19H39N3O2. The van der Waals surface area contributed by atoms with Crippen LogP contribution in [0.25, 0.3) is 0 Å². The van der Waals surface area contributed by atoms with E-state index in [1.54, 1.807) is 4.90 Å². The van der Waals surface area contributed by atoms with E-state index in [4.69, 9.17) is 5.73 Å². The minimum atomic E-state index is -0.381. The number of hydrogen-bond donors (Lipinski definition) is 2. The highest BCUT2D eigenvalue weighted by Gasteiger charge is 2.32. The number of rotatable bonds is 5. The maximum atomic E-state index is 11.8. The van der Waals surface area contributed by atoms with Crippen molar-refractivity contribution in [1.29, 1.82) is 0 Å². The Morgan fingerprint density at radius 3 is 1.96 bits per heavy atom. The second-order valence-corrected chi connectivity index (χ2v) is 4.72. The van der Waals surface area contributed by atoms with Crippen molar-refractivity contribution in [2.45, 2.75) is 73.3 Å². The summed E-state index contributed by atoms with van der Waals surface area (Å²) in [5.41, 5.74) is 5.26. The first kappa shape index (κ1) is 27.3. The topological polar surface area (TPSA) is 75.4 Å². The van der Waals surface area contributed by atoms with Crippen LogP contribution in [0.5, 0.6) is 0 Å². The predicted octanol–water partition coefficient (Wildman–Crippen LogP) is 2.79. The zero-order valence-electron chi connectivity index (χ0n) is 16.6. The Morgan fingerprint density at radius 2 is 1.54 bits per heavy atom. The lowest BCUT2D eigenvalue weighted by Crippen LogP contribution is -2.47. The molecule has 1 atom stereocenters. The molecule has 0 aromatic rings. The number of primary amides is 1. The summed E-state index contributed by atoms with van der Waals surface area (Å²) in [7, 11) is 0. The van der Waals surface area contributed by atoms with Gasteiger partial charge in [-0.1, -0.05) is 41.5 Å². The molecule has 2 fully saturated rings. The van der Waals surface area contributed by atoms with E-state index in [0.717, 1.165) is 18.9 Å². The number of amides is 2. The van der Waals surface area contributed by atoms with Gasteiger partial charge in [0.15, 0.2) is 0 Å². The number of hydrogen-bond acceptors (Lipinski definition) is 3. The van der Waals surface area contributed by atoms with Gasteiger partial charge in [0.1, 0.15) is 6.04 Å². The second kappa shape index (κ2) is 19.5. The van der Waals surface area contributed by atoms with E-state index in [1.165, 1.54) is 12.8 Å². The number of carbonyl (C=O) groups is 2. The van der Waals surface area contributed by atoms with Gasteiger partial charge in [0, 0.05) is 6.54 Å². The summed E-state index contributed by atoms with van der Waals surface area (Å²) in [5, 5.41) is 3.14. The smallest absolute Gasteiger partial charge is 0.240 e. The Labute approximate surface area is 149 Å². The maximum Gasteiger partial charge on any atom is 0.240 e. The van der Waals surface area contributed by atoms with Gasteiger partial charge in [-0.05, 0) is 38.1 Å². The Kier molecular flexibility index (Phi) is 22.2. The van der Waals surface area contributed by atoms with Crippen molar-refractivity contribution in [3.63, 3.8) is 0 Å². The fourth-order valence-electron chi connectivity index (χ4n) is 2.17. The Morgan fingerprint density at radius 1 is 1.04 bits per heavy atom. The lowest BCUT2D eigenvalue weighted by atomic mass is 10.2. The van der Waals surface area contributed by atoms with Crippen LogP contribution in [0.4, 0.5) is 0 Å². The molecule has 3 N–H and O–H groups in total. The van der Waals surface area contributed by atoms with E-state index < -0.39 is 0 Å². The van der Waals surface area contributed by atoms with E-state index in [9.17, 15) is 9.59 Å². The number of nitrogens with one attached hydrogen (secondary N) is 1. The van der Waals surface area contributed by atoms with Gasteiger partial charge in [0.25, 0.3) is 0 Å². The zero-order valence-corrected chi connectivity index (χ0v) is 16.6. The zero-order chi connectivity index (χ0) is 19.5. The van der Waals surface area contributed by atoms with E-state index >= 15 is 0 Å². The van der Waals surface area contributed by atoms with Gasteiger partial charge in [0.2, 0.25) is 11.8 Å². The largest absolute Gasteiger partial charge is 0.368 e. The predicted molar refractivity (Wildman–Crippen MR) is 103 cm³/mol. The molecule has 0 unspecified atom stereocenters. The summed E-state index contributed by atoms with van der Waals surface area (Å²) in [6.07, 6.45) is 12.1. The number of nitrogens with zero attached hydrogens (tertiary/aromatic N) is 1. The third-order valence-electron chi connectivity index (χ3n) is 3.31. The van der Waals surface area contributed by atoms with Crippen LogP contribution in [0.3, 0.4) is 0 Å². The van der Waals surface area contributed by atoms with Crippen molar-refractivity contribution < 1.29 is 9.59 Å². The first-order valence-corrected chi connectivity index (χ1v) is 9.31.